The molecule has 0 aliphatic rings. The van der Waals surface area contributed by atoms with E-state index in [1.807, 2.05) is 20.8 Å². The Labute approximate surface area is 103 Å². The van der Waals surface area contributed by atoms with Crippen molar-refractivity contribution in [3.8, 4) is 16.5 Å². The van der Waals surface area contributed by atoms with Crippen LogP contribution in [0.2, 0.25) is 0 Å². The SMILES string of the molecule is CCOC(C)(C)c1noc(-c2sccc2O)n1. The van der Waals surface area contributed by atoms with Crippen LogP contribution in [0.1, 0.15) is 26.6 Å². The summed E-state index contributed by atoms with van der Waals surface area (Å²) in [4.78, 5) is 4.83. The lowest BCUT2D eigenvalue weighted by Crippen LogP contribution is -2.23. The van der Waals surface area contributed by atoms with Crippen molar-refractivity contribution in [2.45, 2.75) is 26.4 Å². The molecule has 1 N–H and O–H groups in total. The van der Waals surface area contributed by atoms with Gasteiger partial charge in [-0.3, -0.25) is 0 Å². The molecule has 92 valence electrons. The summed E-state index contributed by atoms with van der Waals surface area (Å²) >= 11 is 1.35. The van der Waals surface area contributed by atoms with Gasteiger partial charge in [0.05, 0.1) is 0 Å². The summed E-state index contributed by atoms with van der Waals surface area (Å²) in [5, 5.41) is 15.2. The zero-order valence-corrected chi connectivity index (χ0v) is 10.7. The maximum atomic E-state index is 9.57. The molecular formula is C11H14N2O3S. The molecule has 0 radical (unpaired) electrons. The van der Waals surface area contributed by atoms with E-state index in [1.165, 1.54) is 11.3 Å². The molecule has 2 rings (SSSR count). The van der Waals surface area contributed by atoms with Crippen LogP contribution in [0, 0.1) is 0 Å². The van der Waals surface area contributed by atoms with Crippen LogP contribution in [0.25, 0.3) is 10.8 Å². The van der Waals surface area contributed by atoms with Crippen LogP contribution in [0.3, 0.4) is 0 Å². The van der Waals surface area contributed by atoms with Gasteiger partial charge >= 0.3 is 0 Å². The molecule has 0 amide bonds. The number of rotatable bonds is 4. The van der Waals surface area contributed by atoms with Crippen molar-refractivity contribution in [2.24, 2.45) is 0 Å². The number of ether oxygens (including phenoxy) is 1. The average molecular weight is 254 g/mol. The first-order valence-corrected chi connectivity index (χ1v) is 6.17. The summed E-state index contributed by atoms with van der Waals surface area (Å²) in [6, 6.07) is 1.59. The fourth-order valence-corrected chi connectivity index (χ4v) is 2.15. The maximum Gasteiger partial charge on any atom is 0.271 e. The van der Waals surface area contributed by atoms with Crippen LogP contribution < -0.4 is 0 Å². The quantitative estimate of drug-likeness (QED) is 0.908. The van der Waals surface area contributed by atoms with Crippen molar-refractivity contribution in [3.63, 3.8) is 0 Å². The van der Waals surface area contributed by atoms with Crippen molar-refractivity contribution >= 4 is 11.3 Å². The predicted octanol–water partition coefficient (Wildman–Crippen LogP) is 2.78. The second-order valence-corrected chi connectivity index (χ2v) is 4.92. The first-order valence-electron chi connectivity index (χ1n) is 5.29. The van der Waals surface area contributed by atoms with Gasteiger partial charge in [0.25, 0.3) is 5.89 Å². The third-order valence-corrected chi connectivity index (χ3v) is 3.20. The lowest BCUT2D eigenvalue weighted by atomic mass is 10.1. The molecule has 2 aromatic rings. The minimum absolute atomic E-state index is 0.152. The van der Waals surface area contributed by atoms with Gasteiger partial charge < -0.3 is 14.4 Å². The Morgan fingerprint density at radius 3 is 2.88 bits per heavy atom. The van der Waals surface area contributed by atoms with E-state index in [1.54, 1.807) is 11.4 Å². The van der Waals surface area contributed by atoms with Gasteiger partial charge in [0.1, 0.15) is 16.2 Å². The summed E-state index contributed by atoms with van der Waals surface area (Å²) < 4.78 is 10.7. The molecule has 0 aliphatic carbocycles. The van der Waals surface area contributed by atoms with Gasteiger partial charge in [-0.2, -0.15) is 4.98 Å². The number of nitrogens with zero attached hydrogens (tertiary/aromatic N) is 2. The Morgan fingerprint density at radius 2 is 2.29 bits per heavy atom. The van der Waals surface area contributed by atoms with Crippen LogP contribution in [0.5, 0.6) is 5.75 Å². The van der Waals surface area contributed by atoms with Crippen LogP contribution in [-0.2, 0) is 10.3 Å². The van der Waals surface area contributed by atoms with Crippen molar-refractivity contribution in [3.05, 3.63) is 17.3 Å². The van der Waals surface area contributed by atoms with Crippen molar-refractivity contribution < 1.29 is 14.4 Å². The lowest BCUT2D eigenvalue weighted by Gasteiger charge is -2.19. The standard InChI is InChI=1S/C11H14N2O3S/c1-4-15-11(2,3)10-12-9(16-13-10)8-7(14)5-6-17-8/h5-6,14H,4H2,1-3H3. The van der Waals surface area contributed by atoms with E-state index in [0.29, 0.717) is 23.2 Å². The van der Waals surface area contributed by atoms with E-state index in [-0.39, 0.29) is 5.75 Å². The molecule has 0 atom stereocenters. The zero-order valence-electron chi connectivity index (χ0n) is 9.93. The second-order valence-electron chi connectivity index (χ2n) is 4.00. The molecule has 2 aromatic heterocycles. The Kier molecular flexibility index (Phi) is 3.17. The summed E-state index contributed by atoms with van der Waals surface area (Å²) in [6.45, 7) is 6.23. The smallest absolute Gasteiger partial charge is 0.271 e. The van der Waals surface area contributed by atoms with E-state index in [0.717, 1.165) is 0 Å². The molecule has 0 aromatic carbocycles. The molecular weight excluding hydrogens is 240 g/mol. The number of hydrogen-bond donors (Lipinski definition) is 1. The Bertz CT molecular complexity index is 504. The lowest BCUT2D eigenvalue weighted by molar-refractivity contribution is -0.0221. The predicted molar refractivity (Wildman–Crippen MR) is 63.9 cm³/mol. The molecule has 0 bridgehead atoms. The molecule has 2 heterocycles. The van der Waals surface area contributed by atoms with E-state index < -0.39 is 5.60 Å². The van der Waals surface area contributed by atoms with Crippen LogP contribution in [0.4, 0.5) is 0 Å². The Morgan fingerprint density at radius 1 is 1.53 bits per heavy atom. The topological polar surface area (TPSA) is 68.4 Å². The minimum atomic E-state index is -0.594. The molecule has 5 nitrogen and oxygen atoms in total. The van der Waals surface area contributed by atoms with E-state index in [2.05, 4.69) is 10.1 Å². The molecule has 0 fully saturated rings. The Hall–Kier alpha value is -1.40. The first kappa shape index (κ1) is 12.1. The number of aromatic nitrogens is 2. The molecule has 0 aliphatic heterocycles. The molecule has 0 unspecified atom stereocenters. The molecule has 17 heavy (non-hydrogen) atoms. The normalized spacial score (nSPS) is 11.9. The van der Waals surface area contributed by atoms with Gasteiger partial charge in [0.15, 0.2) is 0 Å². The fourth-order valence-electron chi connectivity index (χ4n) is 1.45. The Balaban J connectivity index is 2.31. The monoisotopic (exact) mass is 254 g/mol. The number of hydrogen-bond acceptors (Lipinski definition) is 6. The minimum Gasteiger partial charge on any atom is -0.506 e. The maximum absolute atomic E-state index is 9.57. The van der Waals surface area contributed by atoms with Crippen LogP contribution in [-0.4, -0.2) is 21.9 Å². The van der Waals surface area contributed by atoms with Crippen molar-refractivity contribution in [1.29, 1.82) is 0 Å². The summed E-state index contributed by atoms with van der Waals surface area (Å²) in [7, 11) is 0. The van der Waals surface area contributed by atoms with Gasteiger partial charge in [-0.05, 0) is 32.2 Å². The van der Waals surface area contributed by atoms with Gasteiger partial charge in [-0.25, -0.2) is 0 Å². The van der Waals surface area contributed by atoms with Crippen molar-refractivity contribution in [2.75, 3.05) is 6.61 Å². The third-order valence-electron chi connectivity index (χ3n) is 2.31. The highest BCUT2D eigenvalue weighted by Gasteiger charge is 2.28. The van der Waals surface area contributed by atoms with Crippen LogP contribution in [0.15, 0.2) is 16.0 Å². The average Bonchev–Trinajstić information content (AvgIpc) is 2.85. The highest BCUT2D eigenvalue weighted by molar-refractivity contribution is 7.13. The fraction of sp³-hybridized carbons (Fsp3) is 0.455. The van der Waals surface area contributed by atoms with E-state index in [9.17, 15) is 5.11 Å². The molecule has 0 spiro atoms. The highest BCUT2D eigenvalue weighted by Crippen LogP contribution is 2.34. The number of thiophene rings is 1. The highest BCUT2D eigenvalue weighted by atomic mass is 32.1. The van der Waals surface area contributed by atoms with Gasteiger partial charge in [0, 0.05) is 6.61 Å². The van der Waals surface area contributed by atoms with Gasteiger partial charge in [-0.1, -0.05) is 5.16 Å². The third kappa shape index (κ3) is 2.32. The van der Waals surface area contributed by atoms with E-state index >= 15 is 0 Å². The second kappa shape index (κ2) is 4.46. The largest absolute Gasteiger partial charge is 0.506 e. The number of aromatic hydroxyl groups is 1. The molecule has 0 saturated carbocycles. The zero-order chi connectivity index (χ0) is 12.5. The van der Waals surface area contributed by atoms with E-state index in [4.69, 9.17) is 9.26 Å². The molecule has 6 heteroatoms. The van der Waals surface area contributed by atoms with Crippen LogP contribution >= 0.6 is 11.3 Å². The molecule has 0 saturated heterocycles. The van der Waals surface area contributed by atoms with Crippen molar-refractivity contribution in [1.82, 2.24) is 10.1 Å². The van der Waals surface area contributed by atoms with Gasteiger partial charge in [0.2, 0.25) is 5.82 Å². The summed E-state index contributed by atoms with van der Waals surface area (Å²) in [6.07, 6.45) is 0. The van der Waals surface area contributed by atoms with Gasteiger partial charge in [-0.15, -0.1) is 11.3 Å². The first-order chi connectivity index (χ1) is 8.04. The summed E-state index contributed by atoms with van der Waals surface area (Å²) in [5.74, 6) is 0.946. The summed E-state index contributed by atoms with van der Waals surface area (Å²) in [5.41, 5.74) is -0.594.